The molecule has 0 fully saturated rings. The summed E-state index contributed by atoms with van der Waals surface area (Å²) < 4.78 is 15.0. The molecule has 1 aliphatic heterocycles. The second-order valence-electron chi connectivity index (χ2n) is 9.29. The van der Waals surface area contributed by atoms with Crippen molar-refractivity contribution in [3.05, 3.63) is 114 Å². The molecule has 0 saturated carbocycles. The van der Waals surface area contributed by atoms with E-state index in [9.17, 15) is 4.79 Å². The van der Waals surface area contributed by atoms with E-state index in [1.54, 1.807) is 18.3 Å². The summed E-state index contributed by atoms with van der Waals surface area (Å²) in [5.74, 6) is 0.245. The number of ether oxygens (including phenoxy) is 2. The molecule has 3 heterocycles. The second kappa shape index (κ2) is 10.2. The summed E-state index contributed by atoms with van der Waals surface area (Å²) >= 11 is 0. The standard InChI is InChI=1S/C32H33N3O3/c1-6-19-34(20-7-2)23-16-17-26(28(21-23)37-9-4)32(30-25(31(36)38-32)14-12-18-33-30)29-22(5)35(8-3)27-15-11-10-13-24(27)29/h6-7,10-18,21H,1-2,8-9,19-20H2,3-5H3. The Morgan fingerprint density at radius 3 is 2.55 bits per heavy atom. The van der Waals surface area contributed by atoms with Crippen molar-refractivity contribution < 1.29 is 14.3 Å². The molecular formula is C32H33N3O3. The first-order valence-electron chi connectivity index (χ1n) is 13.0. The SMILES string of the molecule is C=CCN(CC=C)c1ccc(C2(c3c(C)n(CC)c4ccccc34)OC(=O)c3cccnc32)c(OCC)c1. The fourth-order valence-corrected chi connectivity index (χ4v) is 5.73. The Morgan fingerprint density at radius 1 is 1.08 bits per heavy atom. The number of benzene rings is 2. The fraction of sp³-hybridized carbons (Fsp3) is 0.250. The third-order valence-corrected chi connectivity index (χ3v) is 7.21. The zero-order valence-electron chi connectivity index (χ0n) is 22.2. The maximum Gasteiger partial charge on any atom is 0.341 e. The van der Waals surface area contributed by atoms with E-state index in [2.05, 4.69) is 48.6 Å². The summed E-state index contributed by atoms with van der Waals surface area (Å²) in [7, 11) is 0. The summed E-state index contributed by atoms with van der Waals surface area (Å²) in [5, 5.41) is 1.02. The lowest BCUT2D eigenvalue weighted by Gasteiger charge is -2.32. The fourth-order valence-electron chi connectivity index (χ4n) is 5.73. The topological polar surface area (TPSA) is 56.6 Å². The van der Waals surface area contributed by atoms with Gasteiger partial charge in [-0.3, -0.25) is 4.98 Å². The number of carbonyl (C=O) groups is 1. The van der Waals surface area contributed by atoms with Gasteiger partial charge < -0.3 is 18.9 Å². The van der Waals surface area contributed by atoms with E-state index in [-0.39, 0.29) is 0 Å². The van der Waals surface area contributed by atoms with Crippen LogP contribution >= 0.6 is 0 Å². The Morgan fingerprint density at radius 2 is 1.84 bits per heavy atom. The van der Waals surface area contributed by atoms with E-state index in [0.29, 0.717) is 36.7 Å². The summed E-state index contributed by atoms with van der Waals surface area (Å²) in [5.41, 5.74) is 4.48. The molecular weight excluding hydrogens is 474 g/mol. The van der Waals surface area contributed by atoms with Crippen molar-refractivity contribution >= 4 is 22.6 Å². The number of carbonyl (C=O) groups excluding carboxylic acids is 1. The van der Waals surface area contributed by atoms with Crippen LogP contribution in [0.5, 0.6) is 5.75 Å². The van der Waals surface area contributed by atoms with Crippen LogP contribution in [0.1, 0.15) is 46.7 Å². The van der Waals surface area contributed by atoms with Gasteiger partial charge in [0.15, 0.2) is 0 Å². The molecule has 4 aromatic rings. The van der Waals surface area contributed by atoms with Crippen LogP contribution in [0.4, 0.5) is 5.69 Å². The van der Waals surface area contributed by atoms with Gasteiger partial charge in [0.2, 0.25) is 5.60 Å². The van der Waals surface area contributed by atoms with Crippen molar-refractivity contribution in [2.24, 2.45) is 0 Å². The van der Waals surface area contributed by atoms with Crippen LogP contribution in [-0.2, 0) is 16.9 Å². The number of aromatic nitrogens is 2. The van der Waals surface area contributed by atoms with Crippen LogP contribution in [0.25, 0.3) is 10.9 Å². The monoisotopic (exact) mass is 507 g/mol. The van der Waals surface area contributed by atoms with Gasteiger partial charge in [-0.15, -0.1) is 13.2 Å². The highest BCUT2D eigenvalue weighted by Crippen LogP contribution is 2.52. The summed E-state index contributed by atoms with van der Waals surface area (Å²) in [6.45, 7) is 16.5. The number of hydrogen-bond acceptors (Lipinski definition) is 5. The molecule has 0 bridgehead atoms. The molecule has 0 aliphatic carbocycles. The number of para-hydroxylation sites is 1. The Labute approximate surface area is 223 Å². The lowest BCUT2D eigenvalue weighted by Crippen LogP contribution is -2.32. The van der Waals surface area contributed by atoms with E-state index in [0.717, 1.165) is 40.0 Å². The maximum atomic E-state index is 13.4. The average molecular weight is 508 g/mol. The second-order valence-corrected chi connectivity index (χ2v) is 9.29. The Kier molecular flexibility index (Phi) is 6.81. The van der Waals surface area contributed by atoms with E-state index < -0.39 is 11.6 Å². The molecule has 1 unspecified atom stereocenters. The number of nitrogens with zero attached hydrogens (tertiary/aromatic N) is 3. The van der Waals surface area contributed by atoms with E-state index >= 15 is 0 Å². The molecule has 194 valence electrons. The number of anilines is 1. The lowest BCUT2D eigenvalue weighted by molar-refractivity contribution is 0.0238. The molecule has 2 aromatic carbocycles. The van der Waals surface area contributed by atoms with Gasteiger partial charge in [0.25, 0.3) is 0 Å². The first-order chi connectivity index (χ1) is 18.5. The highest BCUT2D eigenvalue weighted by molar-refractivity contribution is 5.98. The normalized spacial score (nSPS) is 16.2. The van der Waals surface area contributed by atoms with Gasteiger partial charge in [-0.1, -0.05) is 30.4 Å². The predicted molar refractivity (Wildman–Crippen MR) is 152 cm³/mol. The van der Waals surface area contributed by atoms with Crippen molar-refractivity contribution in [2.75, 3.05) is 24.6 Å². The van der Waals surface area contributed by atoms with Crippen molar-refractivity contribution in [3.63, 3.8) is 0 Å². The minimum atomic E-state index is -1.28. The Balaban J connectivity index is 1.87. The van der Waals surface area contributed by atoms with Gasteiger partial charge >= 0.3 is 5.97 Å². The van der Waals surface area contributed by atoms with Crippen molar-refractivity contribution in [1.29, 1.82) is 0 Å². The predicted octanol–water partition coefficient (Wildman–Crippen LogP) is 6.40. The lowest BCUT2D eigenvalue weighted by atomic mass is 9.80. The van der Waals surface area contributed by atoms with E-state index in [1.165, 1.54) is 0 Å². The van der Waals surface area contributed by atoms with Gasteiger partial charge in [0.05, 0.1) is 12.2 Å². The van der Waals surface area contributed by atoms with Crippen molar-refractivity contribution in [1.82, 2.24) is 9.55 Å². The molecule has 2 aromatic heterocycles. The largest absolute Gasteiger partial charge is 0.493 e. The summed E-state index contributed by atoms with van der Waals surface area (Å²) in [4.78, 5) is 20.3. The maximum absolute atomic E-state index is 13.4. The molecule has 0 radical (unpaired) electrons. The summed E-state index contributed by atoms with van der Waals surface area (Å²) in [6.07, 6.45) is 5.44. The number of fused-ring (bicyclic) bond motifs is 2. The van der Waals surface area contributed by atoms with Crippen LogP contribution in [0.3, 0.4) is 0 Å². The van der Waals surface area contributed by atoms with Gasteiger partial charge in [-0.05, 0) is 51.1 Å². The van der Waals surface area contributed by atoms with Gasteiger partial charge in [-0.25, -0.2) is 4.79 Å². The molecule has 6 heteroatoms. The third-order valence-electron chi connectivity index (χ3n) is 7.21. The van der Waals surface area contributed by atoms with Crippen molar-refractivity contribution in [2.45, 2.75) is 32.9 Å². The number of pyridine rings is 1. The molecule has 5 rings (SSSR count). The first kappa shape index (κ1) is 25.3. The molecule has 1 aliphatic rings. The van der Waals surface area contributed by atoms with Gasteiger partial charge in [0, 0.05) is 65.3 Å². The first-order valence-corrected chi connectivity index (χ1v) is 13.0. The minimum Gasteiger partial charge on any atom is -0.493 e. The third kappa shape index (κ3) is 3.79. The zero-order chi connectivity index (χ0) is 26.9. The molecule has 38 heavy (non-hydrogen) atoms. The van der Waals surface area contributed by atoms with Crippen LogP contribution < -0.4 is 9.64 Å². The van der Waals surface area contributed by atoms with Crippen LogP contribution in [-0.4, -0.2) is 35.2 Å². The van der Waals surface area contributed by atoms with Crippen LogP contribution in [0.2, 0.25) is 0 Å². The smallest absolute Gasteiger partial charge is 0.341 e. The Hall–Kier alpha value is -4.32. The average Bonchev–Trinajstić information content (AvgIpc) is 3.39. The zero-order valence-corrected chi connectivity index (χ0v) is 22.2. The number of esters is 1. The van der Waals surface area contributed by atoms with E-state index in [1.807, 2.05) is 49.4 Å². The van der Waals surface area contributed by atoms with Crippen LogP contribution in [0, 0.1) is 6.92 Å². The highest BCUT2D eigenvalue weighted by Gasteiger charge is 2.54. The van der Waals surface area contributed by atoms with Gasteiger partial charge in [-0.2, -0.15) is 0 Å². The van der Waals surface area contributed by atoms with Gasteiger partial charge in [0.1, 0.15) is 11.4 Å². The number of hydrogen-bond donors (Lipinski definition) is 0. The quantitative estimate of drug-likeness (QED) is 0.184. The Bertz CT molecular complexity index is 1530. The highest BCUT2D eigenvalue weighted by atomic mass is 16.6. The van der Waals surface area contributed by atoms with E-state index in [4.69, 9.17) is 14.5 Å². The van der Waals surface area contributed by atoms with Crippen molar-refractivity contribution in [3.8, 4) is 5.75 Å². The molecule has 0 N–H and O–H groups in total. The number of aryl methyl sites for hydroxylation is 1. The molecule has 1 atom stereocenters. The number of rotatable bonds is 10. The minimum absolute atomic E-state index is 0.396. The van der Waals surface area contributed by atoms with Crippen LogP contribution in [0.15, 0.2) is 86.1 Å². The molecule has 0 amide bonds. The molecule has 0 saturated heterocycles. The number of cyclic esters (lactones) is 1. The molecule has 0 spiro atoms. The molecule has 6 nitrogen and oxygen atoms in total. The summed E-state index contributed by atoms with van der Waals surface area (Å²) in [6, 6.07) is 17.9.